The Morgan fingerprint density at radius 2 is 1.67 bits per heavy atom. The van der Waals surface area contributed by atoms with Crippen molar-refractivity contribution in [3.05, 3.63) is 0 Å². The minimum absolute atomic E-state index is 0.0931. The molecule has 0 N–H and O–H groups in total. The van der Waals surface area contributed by atoms with E-state index in [1.54, 1.807) is 0 Å². The third kappa shape index (κ3) is 3.31. The Morgan fingerprint density at radius 3 is 2.37 bits per heavy atom. The summed E-state index contributed by atoms with van der Waals surface area (Å²) in [5, 5.41) is 0. The predicted molar refractivity (Wildman–Crippen MR) is 98.6 cm³/mol. The van der Waals surface area contributed by atoms with E-state index in [0.717, 1.165) is 32.1 Å². The third-order valence-electron chi connectivity index (χ3n) is 8.22. The van der Waals surface area contributed by atoms with Crippen LogP contribution in [0.15, 0.2) is 0 Å². The monoisotopic (exact) mass is 376 g/mol. The van der Waals surface area contributed by atoms with Crippen LogP contribution in [0.5, 0.6) is 0 Å². The van der Waals surface area contributed by atoms with E-state index in [1.165, 1.54) is 26.7 Å². The normalized spacial score (nSPS) is 46.0. The van der Waals surface area contributed by atoms with Gasteiger partial charge in [0.25, 0.3) is 0 Å². The molecule has 4 fully saturated rings. The molecule has 0 heterocycles. The molecule has 5 heteroatoms. The average molecular weight is 376 g/mol. The van der Waals surface area contributed by atoms with Gasteiger partial charge in [-0.15, -0.1) is 0 Å². The smallest absolute Gasteiger partial charge is 0.303 e. The molecule has 4 unspecified atom stereocenters. The maximum atomic E-state index is 12.7. The van der Waals surface area contributed by atoms with E-state index in [2.05, 4.69) is 6.92 Å². The fraction of sp³-hybridized carbons (Fsp3) is 0.864. The second-order valence-electron chi connectivity index (χ2n) is 9.77. The fourth-order valence-corrected chi connectivity index (χ4v) is 7.09. The summed E-state index contributed by atoms with van der Waals surface area (Å²) in [6.45, 7) is 5.08. The molecule has 8 atom stereocenters. The highest BCUT2D eigenvalue weighted by Crippen LogP contribution is 2.61. The van der Waals surface area contributed by atoms with Gasteiger partial charge in [0.05, 0.1) is 0 Å². The summed E-state index contributed by atoms with van der Waals surface area (Å²) in [5.74, 6) is 2.52. The molecule has 0 saturated heterocycles. The Balaban J connectivity index is 1.48. The van der Waals surface area contributed by atoms with Crippen LogP contribution in [0.4, 0.5) is 0 Å². The number of esters is 2. The number of ketones is 1. The van der Waals surface area contributed by atoms with Crippen molar-refractivity contribution in [1.29, 1.82) is 0 Å². The summed E-state index contributed by atoms with van der Waals surface area (Å²) in [6.07, 6.45) is 7.68. The van der Waals surface area contributed by atoms with Gasteiger partial charge in [0, 0.05) is 25.7 Å². The van der Waals surface area contributed by atoms with Crippen LogP contribution in [0.25, 0.3) is 0 Å². The Bertz CT molecular complexity index is 643. The molecule has 0 aromatic rings. The first kappa shape index (κ1) is 18.9. The van der Waals surface area contributed by atoms with Crippen molar-refractivity contribution >= 4 is 17.7 Å². The van der Waals surface area contributed by atoms with Gasteiger partial charge in [0.15, 0.2) is 11.9 Å². The molecule has 4 aliphatic rings. The molecule has 0 spiro atoms. The molecular formula is C22H32O5. The number of carbonyl (C=O) groups excluding carboxylic acids is 3. The third-order valence-corrected chi connectivity index (χ3v) is 8.22. The molecule has 0 amide bonds. The number of rotatable bonds is 2. The minimum atomic E-state index is -0.543. The van der Waals surface area contributed by atoms with Gasteiger partial charge in [-0.25, -0.2) is 0 Å². The lowest BCUT2D eigenvalue weighted by Crippen LogP contribution is -2.49. The van der Waals surface area contributed by atoms with E-state index < -0.39 is 6.10 Å². The van der Waals surface area contributed by atoms with Crippen LogP contribution in [0, 0.1) is 35.0 Å². The molecule has 0 aromatic heterocycles. The summed E-state index contributed by atoms with van der Waals surface area (Å²) in [6, 6.07) is 0. The van der Waals surface area contributed by atoms with Crippen LogP contribution in [0.1, 0.15) is 72.1 Å². The zero-order valence-corrected chi connectivity index (χ0v) is 16.7. The second kappa shape index (κ2) is 6.89. The maximum Gasteiger partial charge on any atom is 0.303 e. The van der Waals surface area contributed by atoms with Crippen LogP contribution in [0.2, 0.25) is 0 Å². The summed E-state index contributed by atoms with van der Waals surface area (Å²) in [4.78, 5) is 35.5. The Kier molecular flexibility index (Phi) is 4.84. The quantitative estimate of drug-likeness (QED) is 0.688. The van der Waals surface area contributed by atoms with E-state index in [-0.39, 0.29) is 29.2 Å². The first-order valence-electron chi connectivity index (χ1n) is 10.6. The molecule has 0 aromatic carbocycles. The van der Waals surface area contributed by atoms with Crippen molar-refractivity contribution < 1.29 is 23.9 Å². The zero-order chi connectivity index (χ0) is 19.3. The average Bonchev–Trinajstić information content (AvgIpc) is 2.84. The van der Waals surface area contributed by atoms with Crippen molar-refractivity contribution in [2.75, 3.05) is 0 Å². The van der Waals surface area contributed by atoms with Gasteiger partial charge < -0.3 is 9.47 Å². The molecule has 4 saturated carbocycles. The maximum absolute atomic E-state index is 12.7. The number of ether oxygens (including phenoxy) is 2. The number of hydrogen-bond acceptors (Lipinski definition) is 5. The highest BCUT2D eigenvalue weighted by Gasteiger charge is 2.60. The Hall–Kier alpha value is -1.39. The number of fused-ring (bicyclic) bond motifs is 4. The highest BCUT2D eigenvalue weighted by molar-refractivity contribution is 5.89. The standard InChI is InChI=1S/C22H32O5/c1-12(23)26-17-5-4-14-10-18-15(8-16(14)9-17)6-7-22(3)19(18)11-20(25)21(22)27-13(2)24/h14-19,21H,4-11H2,1-3H3/t14-,15?,16?,17?,18+,19?,21-,22-/m1/s1. The molecule has 5 nitrogen and oxygen atoms in total. The van der Waals surface area contributed by atoms with Gasteiger partial charge in [0.1, 0.15) is 6.10 Å². The predicted octanol–water partition coefficient (Wildman–Crippen LogP) is 3.68. The topological polar surface area (TPSA) is 69.7 Å². The van der Waals surface area contributed by atoms with E-state index in [1.807, 2.05) is 0 Å². The van der Waals surface area contributed by atoms with Crippen molar-refractivity contribution in [3.63, 3.8) is 0 Å². The minimum Gasteiger partial charge on any atom is -0.463 e. The molecule has 4 aliphatic carbocycles. The first-order chi connectivity index (χ1) is 12.8. The van der Waals surface area contributed by atoms with Crippen LogP contribution in [-0.4, -0.2) is 29.9 Å². The first-order valence-corrected chi connectivity index (χ1v) is 10.6. The van der Waals surface area contributed by atoms with E-state index in [9.17, 15) is 14.4 Å². The summed E-state index contributed by atoms with van der Waals surface area (Å²) < 4.78 is 11.0. The molecule has 0 bridgehead atoms. The van der Waals surface area contributed by atoms with Gasteiger partial charge in [-0.05, 0) is 74.5 Å². The summed E-state index contributed by atoms with van der Waals surface area (Å²) >= 11 is 0. The van der Waals surface area contributed by atoms with E-state index in [4.69, 9.17) is 9.47 Å². The van der Waals surface area contributed by atoms with Gasteiger partial charge >= 0.3 is 11.9 Å². The lowest BCUT2D eigenvalue weighted by Gasteiger charge is -2.54. The Morgan fingerprint density at radius 1 is 0.926 bits per heavy atom. The summed E-state index contributed by atoms with van der Waals surface area (Å²) in [7, 11) is 0. The molecule has 0 aliphatic heterocycles. The van der Waals surface area contributed by atoms with Crippen LogP contribution >= 0.6 is 0 Å². The Labute approximate surface area is 161 Å². The highest BCUT2D eigenvalue weighted by atomic mass is 16.5. The molecule has 150 valence electrons. The van der Waals surface area contributed by atoms with Gasteiger partial charge in [0.2, 0.25) is 0 Å². The fourth-order valence-electron chi connectivity index (χ4n) is 7.09. The van der Waals surface area contributed by atoms with Crippen molar-refractivity contribution in [2.24, 2.45) is 35.0 Å². The second-order valence-corrected chi connectivity index (χ2v) is 9.77. The largest absolute Gasteiger partial charge is 0.463 e. The summed E-state index contributed by atoms with van der Waals surface area (Å²) in [5.41, 5.74) is -0.189. The van der Waals surface area contributed by atoms with Gasteiger partial charge in [-0.1, -0.05) is 6.92 Å². The zero-order valence-electron chi connectivity index (χ0n) is 16.7. The van der Waals surface area contributed by atoms with Crippen LogP contribution in [0.3, 0.4) is 0 Å². The number of hydrogen-bond donors (Lipinski definition) is 0. The van der Waals surface area contributed by atoms with Crippen molar-refractivity contribution in [1.82, 2.24) is 0 Å². The van der Waals surface area contributed by atoms with Crippen LogP contribution in [-0.2, 0) is 23.9 Å². The van der Waals surface area contributed by atoms with Gasteiger partial charge in [-0.2, -0.15) is 0 Å². The number of Topliss-reactive ketones (excluding diaryl/α,β-unsaturated/α-hetero) is 1. The van der Waals surface area contributed by atoms with Crippen LogP contribution < -0.4 is 0 Å². The lowest BCUT2D eigenvalue weighted by atomic mass is 9.52. The van der Waals surface area contributed by atoms with Crippen molar-refractivity contribution in [3.8, 4) is 0 Å². The molecule has 4 rings (SSSR count). The molecule has 27 heavy (non-hydrogen) atoms. The number of carbonyl (C=O) groups is 3. The molecular weight excluding hydrogens is 344 g/mol. The SMILES string of the molecule is CC(=O)OC1CC[C@@H]2C[C@H]3C(CC[C@]4(C)C3CC(=O)[C@H]4OC(C)=O)CC2C1. The van der Waals surface area contributed by atoms with E-state index in [0.29, 0.717) is 36.0 Å². The molecule has 0 radical (unpaired) electrons. The lowest BCUT2D eigenvalue weighted by molar-refractivity contribution is -0.161. The van der Waals surface area contributed by atoms with Gasteiger partial charge in [-0.3, -0.25) is 14.4 Å². The van der Waals surface area contributed by atoms with E-state index >= 15 is 0 Å². The van der Waals surface area contributed by atoms with Crippen molar-refractivity contribution in [2.45, 2.75) is 84.3 Å².